The number of pyridine rings is 1. The van der Waals surface area contributed by atoms with E-state index in [4.69, 9.17) is 11.5 Å². The number of hydrogen-bond donors (Lipinski definition) is 4. The summed E-state index contributed by atoms with van der Waals surface area (Å²) >= 11 is 3.38. The second kappa shape index (κ2) is 7.80. The van der Waals surface area contributed by atoms with Crippen LogP contribution in [-0.4, -0.2) is 41.9 Å². The number of hydrogen-bond acceptors (Lipinski definition) is 7. The summed E-state index contributed by atoms with van der Waals surface area (Å²) in [5.74, 6) is -0.123. The highest BCUT2D eigenvalue weighted by Gasteiger charge is 2.36. The molecule has 3 atom stereocenters. The Hall–Kier alpha value is -3.08. The summed E-state index contributed by atoms with van der Waals surface area (Å²) in [7, 11) is 0. The molecule has 0 amide bonds. The Bertz CT molecular complexity index is 1390. The Kier molecular flexibility index (Phi) is 5.07. The number of fused-ring (bicyclic) bond motifs is 2. The van der Waals surface area contributed by atoms with E-state index in [1.54, 1.807) is 6.08 Å². The molecule has 5 rings (SSSR count). The number of aromatic nitrogens is 4. The van der Waals surface area contributed by atoms with E-state index in [0.29, 0.717) is 24.2 Å². The lowest BCUT2D eigenvalue weighted by molar-refractivity contribution is 0.0316. The molecule has 1 aromatic carbocycles. The van der Waals surface area contributed by atoms with Crippen molar-refractivity contribution in [2.75, 3.05) is 11.5 Å². The minimum Gasteiger partial charge on any atom is -0.388 e. The minimum absolute atomic E-state index is 0.0288. The molecule has 0 aliphatic heterocycles. The van der Waals surface area contributed by atoms with Crippen LogP contribution in [0, 0.1) is 5.82 Å². The Balaban J connectivity index is 1.41. The molecule has 0 spiro atoms. The van der Waals surface area contributed by atoms with Gasteiger partial charge in [-0.3, -0.25) is 0 Å². The second-order valence-electron chi connectivity index (χ2n) is 7.89. The molecule has 0 saturated heterocycles. The Morgan fingerprint density at radius 2 is 1.91 bits per heavy atom. The third kappa shape index (κ3) is 3.40. The van der Waals surface area contributed by atoms with Crippen LogP contribution in [0.1, 0.15) is 18.0 Å². The van der Waals surface area contributed by atoms with Crippen LogP contribution in [0.15, 0.2) is 52.9 Å². The molecule has 0 radical (unpaired) electrons. The third-order valence-electron chi connectivity index (χ3n) is 5.92. The van der Waals surface area contributed by atoms with Crippen LogP contribution in [0.4, 0.5) is 16.0 Å². The number of nitrogens with zero attached hydrogens (tertiary/aromatic N) is 4. The fourth-order valence-electron chi connectivity index (χ4n) is 4.23. The minimum atomic E-state index is -1.13. The van der Waals surface area contributed by atoms with Crippen molar-refractivity contribution in [2.24, 2.45) is 0 Å². The van der Waals surface area contributed by atoms with Crippen molar-refractivity contribution in [1.29, 1.82) is 0 Å². The molecule has 164 valence electrons. The number of aliphatic hydroxyl groups excluding tert-OH is 2. The van der Waals surface area contributed by atoms with Gasteiger partial charge in [0.05, 0.1) is 21.4 Å². The van der Waals surface area contributed by atoms with Crippen molar-refractivity contribution in [2.45, 2.75) is 31.1 Å². The molecule has 0 fully saturated rings. The van der Waals surface area contributed by atoms with Crippen LogP contribution in [0.2, 0.25) is 0 Å². The molecule has 0 unspecified atom stereocenters. The summed E-state index contributed by atoms with van der Waals surface area (Å²) in [6.45, 7) is 0. The summed E-state index contributed by atoms with van der Waals surface area (Å²) in [5, 5.41) is 22.4. The molecule has 10 heteroatoms. The van der Waals surface area contributed by atoms with Crippen LogP contribution >= 0.6 is 15.9 Å². The summed E-state index contributed by atoms with van der Waals surface area (Å²) < 4.78 is 16.7. The third-order valence-corrected chi connectivity index (χ3v) is 6.55. The molecule has 6 N–H and O–H groups in total. The van der Waals surface area contributed by atoms with Gasteiger partial charge in [0.25, 0.3) is 0 Å². The van der Waals surface area contributed by atoms with Crippen molar-refractivity contribution < 1.29 is 14.6 Å². The van der Waals surface area contributed by atoms with Crippen molar-refractivity contribution in [1.82, 2.24) is 19.5 Å². The lowest BCUT2D eigenvalue weighted by Crippen LogP contribution is -2.29. The van der Waals surface area contributed by atoms with Gasteiger partial charge in [-0.15, -0.1) is 0 Å². The number of halogens is 2. The molecule has 3 aromatic heterocycles. The Labute approximate surface area is 190 Å². The second-order valence-corrected chi connectivity index (χ2v) is 8.75. The molecule has 0 saturated carbocycles. The molecule has 32 heavy (non-hydrogen) atoms. The highest BCUT2D eigenvalue weighted by molar-refractivity contribution is 9.10. The highest BCUT2D eigenvalue weighted by Crippen LogP contribution is 2.35. The van der Waals surface area contributed by atoms with Crippen LogP contribution in [-0.2, 0) is 6.42 Å². The molecule has 1 aliphatic rings. The van der Waals surface area contributed by atoms with Crippen molar-refractivity contribution in [3.05, 3.63) is 64.3 Å². The monoisotopic (exact) mass is 498 g/mol. The number of anilines is 2. The van der Waals surface area contributed by atoms with E-state index in [2.05, 4.69) is 30.9 Å². The van der Waals surface area contributed by atoms with Crippen molar-refractivity contribution >= 4 is 49.5 Å². The molecule has 4 aromatic rings. The van der Waals surface area contributed by atoms with Crippen LogP contribution in [0.3, 0.4) is 0 Å². The predicted octanol–water partition coefficient (Wildman–Crippen LogP) is 2.88. The summed E-state index contributed by atoms with van der Waals surface area (Å²) in [4.78, 5) is 12.3. The van der Waals surface area contributed by atoms with Gasteiger partial charge in [-0.1, -0.05) is 18.2 Å². The smallest absolute Gasteiger partial charge is 0.154 e. The average molecular weight is 499 g/mol. The maximum absolute atomic E-state index is 14.4. The first-order chi connectivity index (χ1) is 15.3. The highest BCUT2D eigenvalue weighted by atomic mass is 79.9. The largest absolute Gasteiger partial charge is 0.388 e. The molecule has 0 bridgehead atoms. The predicted molar refractivity (Wildman–Crippen MR) is 123 cm³/mol. The lowest BCUT2D eigenvalue weighted by Gasteiger charge is -2.19. The van der Waals surface area contributed by atoms with Crippen LogP contribution in [0.5, 0.6) is 0 Å². The van der Waals surface area contributed by atoms with E-state index >= 15 is 0 Å². The van der Waals surface area contributed by atoms with Gasteiger partial charge < -0.3 is 26.2 Å². The summed E-state index contributed by atoms with van der Waals surface area (Å²) in [6.07, 6.45) is 3.19. The lowest BCUT2D eigenvalue weighted by atomic mass is 10.0. The van der Waals surface area contributed by atoms with E-state index in [1.807, 2.05) is 24.3 Å². The number of aryl methyl sites for hydroxylation is 1. The van der Waals surface area contributed by atoms with Gasteiger partial charge in [0.15, 0.2) is 5.82 Å². The van der Waals surface area contributed by atoms with Gasteiger partial charge >= 0.3 is 0 Å². The van der Waals surface area contributed by atoms with E-state index < -0.39 is 24.1 Å². The van der Waals surface area contributed by atoms with Gasteiger partial charge in [0.2, 0.25) is 0 Å². The van der Waals surface area contributed by atoms with Gasteiger partial charge in [0.1, 0.15) is 35.8 Å². The number of rotatable bonds is 4. The standard InChI is InChI=1S/C22H20BrFN6O2/c23-13-6-11-3-1-10(5-15(11)29-20(13)25)2-4-12-7-16(19(32)18(12)31)30-8-14(24)17-21(26)27-9-28-22(17)30/h1,3,5-9,16,18-19,31-32H,2,4H2,(H2,25,29)(H2,26,27,28)/t16-,18-,19+/m1/s1. The number of aliphatic hydroxyl groups is 2. The van der Waals surface area contributed by atoms with Crippen LogP contribution in [0.25, 0.3) is 21.9 Å². The maximum Gasteiger partial charge on any atom is 0.154 e. The molecular formula is C22H20BrFN6O2. The Morgan fingerprint density at radius 3 is 2.72 bits per heavy atom. The normalized spacial score (nSPS) is 20.9. The van der Waals surface area contributed by atoms with Gasteiger partial charge in [-0.25, -0.2) is 19.3 Å². The quantitative estimate of drug-likeness (QED) is 0.317. The first-order valence-corrected chi connectivity index (χ1v) is 10.8. The number of nitrogen functional groups attached to an aromatic ring is 2. The van der Waals surface area contributed by atoms with Crippen molar-refractivity contribution in [3.63, 3.8) is 0 Å². The summed E-state index contributed by atoms with van der Waals surface area (Å²) in [6, 6.07) is 7.18. The zero-order valence-electron chi connectivity index (χ0n) is 16.8. The SMILES string of the molecule is Nc1nc2cc(CCC3=C[C@@H](n4cc(F)c5c(N)ncnc54)[C@H](O)[C@@H]3O)ccc2cc1Br. The zero-order chi connectivity index (χ0) is 22.6. The first-order valence-electron chi connectivity index (χ1n) is 10.0. The molecule has 8 nitrogen and oxygen atoms in total. The van der Waals surface area contributed by atoms with Gasteiger partial charge in [0, 0.05) is 11.6 Å². The molecule has 3 heterocycles. The van der Waals surface area contributed by atoms with E-state index in [1.165, 1.54) is 17.1 Å². The Morgan fingerprint density at radius 1 is 1.09 bits per heavy atom. The molecule has 1 aliphatic carbocycles. The topological polar surface area (TPSA) is 136 Å². The first kappa shape index (κ1) is 20.8. The zero-order valence-corrected chi connectivity index (χ0v) is 18.4. The maximum atomic E-state index is 14.4. The average Bonchev–Trinajstić information content (AvgIpc) is 3.25. The fraction of sp³-hybridized carbons (Fsp3) is 0.227. The fourth-order valence-corrected chi connectivity index (χ4v) is 4.57. The van der Waals surface area contributed by atoms with E-state index in [-0.39, 0.29) is 16.9 Å². The van der Waals surface area contributed by atoms with Crippen molar-refractivity contribution in [3.8, 4) is 0 Å². The number of nitrogens with two attached hydrogens (primary N) is 2. The van der Waals surface area contributed by atoms with E-state index in [0.717, 1.165) is 20.9 Å². The summed E-state index contributed by atoms with van der Waals surface area (Å²) in [5.41, 5.74) is 14.4. The molecular weight excluding hydrogens is 479 g/mol. The number of benzene rings is 1. The van der Waals surface area contributed by atoms with Gasteiger partial charge in [-0.05, 0) is 52.0 Å². The van der Waals surface area contributed by atoms with Crippen LogP contribution < -0.4 is 11.5 Å². The van der Waals surface area contributed by atoms with Gasteiger partial charge in [-0.2, -0.15) is 0 Å². The van der Waals surface area contributed by atoms with E-state index in [9.17, 15) is 14.6 Å².